The summed E-state index contributed by atoms with van der Waals surface area (Å²) in [7, 11) is 0. The van der Waals surface area contributed by atoms with Crippen molar-refractivity contribution in [3.05, 3.63) is 54.0 Å². The van der Waals surface area contributed by atoms with E-state index < -0.39 is 0 Å². The van der Waals surface area contributed by atoms with Gasteiger partial charge in [-0.1, -0.05) is 12.1 Å². The van der Waals surface area contributed by atoms with E-state index >= 15 is 0 Å². The van der Waals surface area contributed by atoms with E-state index in [1.807, 2.05) is 12.1 Å². The molecule has 2 aromatic rings. The van der Waals surface area contributed by atoms with Crippen LogP contribution in [0.1, 0.15) is 29.0 Å². The summed E-state index contributed by atoms with van der Waals surface area (Å²) in [5.41, 5.74) is 1.69. The molecule has 1 saturated carbocycles. The molecule has 1 aliphatic rings. The number of nitrogens with one attached hydrogen (secondary N) is 2. The van der Waals surface area contributed by atoms with Crippen molar-refractivity contribution >= 4 is 17.5 Å². The molecule has 0 saturated heterocycles. The summed E-state index contributed by atoms with van der Waals surface area (Å²) in [6, 6.07) is 10.6. The van der Waals surface area contributed by atoms with Gasteiger partial charge in [0.15, 0.2) is 5.76 Å². The van der Waals surface area contributed by atoms with Gasteiger partial charge in [0.1, 0.15) is 0 Å². The normalized spacial score (nSPS) is 13.7. The predicted octanol–water partition coefficient (Wildman–Crippen LogP) is 2.56. The van der Waals surface area contributed by atoms with Gasteiger partial charge in [-0.25, -0.2) is 0 Å². The van der Waals surface area contributed by atoms with Crippen LogP contribution < -0.4 is 10.6 Å². The van der Waals surface area contributed by atoms with Crippen LogP contribution in [0.5, 0.6) is 0 Å². The maximum Gasteiger partial charge on any atom is 0.291 e. The molecule has 2 amide bonds. The summed E-state index contributed by atoms with van der Waals surface area (Å²) in [5.74, 6) is 0.340. The minimum absolute atomic E-state index is 0.130. The molecule has 1 aliphatic carbocycles. The molecule has 1 heterocycles. The molecule has 3 rings (SSSR count). The SMILES string of the molecule is O=C(Nc1ccc(CNC(=O)C2CC2)cc1)c1ccco1. The summed E-state index contributed by atoms with van der Waals surface area (Å²) in [4.78, 5) is 23.3. The van der Waals surface area contributed by atoms with Crippen molar-refractivity contribution in [3.8, 4) is 0 Å². The van der Waals surface area contributed by atoms with Crippen LogP contribution in [0.3, 0.4) is 0 Å². The fourth-order valence-corrected chi connectivity index (χ4v) is 1.99. The fraction of sp³-hybridized carbons (Fsp3) is 0.250. The summed E-state index contributed by atoms with van der Waals surface area (Å²) < 4.78 is 5.02. The number of carbonyl (C=O) groups excluding carboxylic acids is 2. The highest BCUT2D eigenvalue weighted by atomic mass is 16.3. The van der Waals surface area contributed by atoms with Gasteiger partial charge in [0, 0.05) is 18.2 Å². The van der Waals surface area contributed by atoms with E-state index in [4.69, 9.17) is 4.42 Å². The lowest BCUT2D eigenvalue weighted by molar-refractivity contribution is -0.122. The molecule has 0 unspecified atom stereocenters. The molecular formula is C16H16N2O3. The van der Waals surface area contributed by atoms with E-state index in [1.54, 1.807) is 24.3 Å². The fourth-order valence-electron chi connectivity index (χ4n) is 1.99. The molecule has 108 valence electrons. The third-order valence-corrected chi connectivity index (χ3v) is 3.37. The minimum atomic E-state index is -0.283. The predicted molar refractivity (Wildman–Crippen MR) is 77.7 cm³/mol. The first-order valence-electron chi connectivity index (χ1n) is 6.94. The average Bonchev–Trinajstić information content (AvgIpc) is 3.20. The monoisotopic (exact) mass is 284 g/mol. The second kappa shape index (κ2) is 5.83. The first-order chi connectivity index (χ1) is 10.2. The number of furan rings is 1. The largest absolute Gasteiger partial charge is 0.459 e. The van der Waals surface area contributed by atoms with E-state index in [0.717, 1.165) is 18.4 Å². The van der Waals surface area contributed by atoms with Crippen LogP contribution in [0, 0.1) is 5.92 Å². The lowest BCUT2D eigenvalue weighted by Crippen LogP contribution is -2.24. The topological polar surface area (TPSA) is 71.3 Å². The highest BCUT2D eigenvalue weighted by Crippen LogP contribution is 2.28. The van der Waals surface area contributed by atoms with Crippen molar-refractivity contribution in [2.24, 2.45) is 5.92 Å². The molecule has 5 nitrogen and oxygen atoms in total. The van der Waals surface area contributed by atoms with Gasteiger partial charge in [-0.05, 0) is 42.7 Å². The van der Waals surface area contributed by atoms with Gasteiger partial charge < -0.3 is 15.1 Å². The number of hydrogen-bond acceptors (Lipinski definition) is 3. The molecule has 21 heavy (non-hydrogen) atoms. The number of anilines is 1. The first-order valence-corrected chi connectivity index (χ1v) is 6.94. The van der Waals surface area contributed by atoms with Crippen LogP contribution >= 0.6 is 0 Å². The third-order valence-electron chi connectivity index (χ3n) is 3.37. The number of benzene rings is 1. The highest BCUT2D eigenvalue weighted by molar-refractivity contribution is 6.02. The number of hydrogen-bond donors (Lipinski definition) is 2. The van der Waals surface area contributed by atoms with Gasteiger partial charge in [0.2, 0.25) is 5.91 Å². The summed E-state index contributed by atoms with van der Waals surface area (Å²) in [6.45, 7) is 0.516. The Hall–Kier alpha value is -2.56. The highest BCUT2D eigenvalue weighted by Gasteiger charge is 2.29. The molecule has 1 aromatic carbocycles. The Bertz CT molecular complexity index is 628. The van der Waals surface area contributed by atoms with E-state index in [-0.39, 0.29) is 23.5 Å². The van der Waals surface area contributed by atoms with Gasteiger partial charge >= 0.3 is 0 Å². The van der Waals surface area contributed by atoms with Crippen LogP contribution in [-0.2, 0) is 11.3 Å². The Kier molecular flexibility index (Phi) is 3.73. The number of rotatable bonds is 5. The Morgan fingerprint density at radius 3 is 2.52 bits per heavy atom. The molecule has 0 bridgehead atoms. The zero-order valence-electron chi connectivity index (χ0n) is 11.5. The molecular weight excluding hydrogens is 268 g/mol. The van der Waals surface area contributed by atoms with Crippen molar-refractivity contribution in [2.75, 3.05) is 5.32 Å². The lowest BCUT2D eigenvalue weighted by Gasteiger charge is -2.06. The van der Waals surface area contributed by atoms with Gasteiger partial charge in [-0.2, -0.15) is 0 Å². The summed E-state index contributed by atoms with van der Waals surface area (Å²) in [5, 5.41) is 5.65. The standard InChI is InChI=1S/C16H16N2O3/c19-15(12-5-6-12)17-10-11-3-7-13(8-4-11)18-16(20)14-2-1-9-21-14/h1-4,7-9,12H,5-6,10H2,(H,17,19)(H,18,20). The Morgan fingerprint density at radius 1 is 1.14 bits per heavy atom. The lowest BCUT2D eigenvalue weighted by atomic mass is 10.2. The van der Waals surface area contributed by atoms with Crippen LogP contribution in [0.15, 0.2) is 47.1 Å². The third kappa shape index (κ3) is 3.51. The zero-order chi connectivity index (χ0) is 14.7. The molecule has 0 spiro atoms. The Balaban J connectivity index is 1.53. The van der Waals surface area contributed by atoms with E-state index in [9.17, 15) is 9.59 Å². The number of carbonyl (C=O) groups is 2. The van der Waals surface area contributed by atoms with Gasteiger partial charge in [-0.3, -0.25) is 9.59 Å². The molecule has 0 atom stereocenters. The van der Waals surface area contributed by atoms with Crippen molar-refractivity contribution in [3.63, 3.8) is 0 Å². The number of amides is 2. The molecule has 0 radical (unpaired) electrons. The van der Waals surface area contributed by atoms with Crippen molar-refractivity contribution in [1.82, 2.24) is 5.32 Å². The molecule has 1 fully saturated rings. The average molecular weight is 284 g/mol. The van der Waals surface area contributed by atoms with Crippen LogP contribution in [0.4, 0.5) is 5.69 Å². The molecule has 5 heteroatoms. The second-order valence-corrected chi connectivity index (χ2v) is 5.12. The Labute approximate surface area is 122 Å². The van der Waals surface area contributed by atoms with Gasteiger partial charge in [0.05, 0.1) is 6.26 Å². The quantitative estimate of drug-likeness (QED) is 0.886. The molecule has 1 aromatic heterocycles. The maximum absolute atomic E-state index is 11.8. The minimum Gasteiger partial charge on any atom is -0.459 e. The van der Waals surface area contributed by atoms with E-state index in [0.29, 0.717) is 12.2 Å². The summed E-state index contributed by atoms with van der Waals surface area (Å²) in [6.07, 6.45) is 3.47. The van der Waals surface area contributed by atoms with Gasteiger partial charge in [0.25, 0.3) is 5.91 Å². The van der Waals surface area contributed by atoms with Crippen LogP contribution in [0.25, 0.3) is 0 Å². The summed E-state index contributed by atoms with van der Waals surface area (Å²) >= 11 is 0. The van der Waals surface area contributed by atoms with E-state index in [1.165, 1.54) is 6.26 Å². The zero-order valence-corrected chi connectivity index (χ0v) is 11.5. The van der Waals surface area contributed by atoms with Gasteiger partial charge in [-0.15, -0.1) is 0 Å². The molecule has 2 N–H and O–H groups in total. The van der Waals surface area contributed by atoms with Crippen molar-refractivity contribution in [1.29, 1.82) is 0 Å². The Morgan fingerprint density at radius 2 is 1.90 bits per heavy atom. The second-order valence-electron chi connectivity index (χ2n) is 5.12. The van der Waals surface area contributed by atoms with E-state index in [2.05, 4.69) is 10.6 Å². The smallest absolute Gasteiger partial charge is 0.291 e. The maximum atomic E-state index is 11.8. The van der Waals surface area contributed by atoms with Crippen LogP contribution in [-0.4, -0.2) is 11.8 Å². The van der Waals surface area contributed by atoms with Crippen molar-refractivity contribution < 1.29 is 14.0 Å². The van der Waals surface area contributed by atoms with Crippen LogP contribution in [0.2, 0.25) is 0 Å². The van der Waals surface area contributed by atoms with Crippen molar-refractivity contribution in [2.45, 2.75) is 19.4 Å². The molecule has 0 aliphatic heterocycles. The first kappa shape index (κ1) is 13.4.